The summed E-state index contributed by atoms with van der Waals surface area (Å²) in [7, 11) is -2.61. The lowest BCUT2D eigenvalue weighted by atomic mass is 10.1. The summed E-state index contributed by atoms with van der Waals surface area (Å²) >= 11 is 0. The summed E-state index contributed by atoms with van der Waals surface area (Å²) in [5, 5.41) is 3.20. The molecular formula is C24H25NO5S. The van der Waals surface area contributed by atoms with Crippen molar-refractivity contribution in [3.05, 3.63) is 95.6 Å². The molecule has 7 heteroatoms. The van der Waals surface area contributed by atoms with E-state index < -0.39 is 22.1 Å². The minimum absolute atomic E-state index is 0.0838. The van der Waals surface area contributed by atoms with Crippen LogP contribution >= 0.6 is 0 Å². The molecule has 0 amide bonds. The van der Waals surface area contributed by atoms with Crippen LogP contribution in [-0.2, 0) is 32.6 Å². The summed E-state index contributed by atoms with van der Waals surface area (Å²) in [6, 6.07) is 22.3. The Balaban J connectivity index is 1.72. The fraction of sp³-hybridized carbons (Fsp3) is 0.208. The molecule has 0 fully saturated rings. The van der Waals surface area contributed by atoms with Gasteiger partial charge in [0.2, 0.25) is 0 Å². The minimum atomic E-state index is -3.95. The number of hydrogen-bond acceptors (Lipinski definition) is 6. The quantitative estimate of drug-likeness (QED) is 0.405. The molecule has 1 atom stereocenters. The molecule has 0 saturated carbocycles. The second-order valence-corrected chi connectivity index (χ2v) is 8.69. The van der Waals surface area contributed by atoms with E-state index in [1.807, 2.05) is 43.3 Å². The lowest BCUT2D eigenvalue weighted by Gasteiger charge is -2.17. The minimum Gasteiger partial charge on any atom is -0.468 e. The van der Waals surface area contributed by atoms with E-state index in [0.717, 1.165) is 16.7 Å². The number of ether oxygens (including phenoxy) is 1. The number of benzene rings is 3. The Morgan fingerprint density at radius 2 is 1.61 bits per heavy atom. The van der Waals surface area contributed by atoms with Crippen LogP contribution in [-0.4, -0.2) is 27.5 Å². The van der Waals surface area contributed by atoms with Gasteiger partial charge in [0.05, 0.1) is 7.11 Å². The molecule has 31 heavy (non-hydrogen) atoms. The molecule has 0 aromatic heterocycles. The van der Waals surface area contributed by atoms with Gasteiger partial charge in [-0.15, -0.1) is 0 Å². The van der Waals surface area contributed by atoms with Crippen molar-refractivity contribution in [1.82, 2.24) is 5.32 Å². The van der Waals surface area contributed by atoms with Gasteiger partial charge < -0.3 is 14.2 Å². The first-order valence-corrected chi connectivity index (χ1v) is 11.2. The Morgan fingerprint density at radius 1 is 0.935 bits per heavy atom. The van der Waals surface area contributed by atoms with Crippen LogP contribution in [0, 0.1) is 6.92 Å². The van der Waals surface area contributed by atoms with Crippen molar-refractivity contribution in [3.63, 3.8) is 0 Å². The third-order valence-electron chi connectivity index (χ3n) is 4.73. The van der Waals surface area contributed by atoms with Gasteiger partial charge in [-0.2, -0.15) is 8.42 Å². The maximum atomic E-state index is 12.6. The van der Waals surface area contributed by atoms with Crippen molar-refractivity contribution in [2.45, 2.75) is 30.8 Å². The highest BCUT2D eigenvalue weighted by atomic mass is 32.2. The number of rotatable bonds is 9. The molecule has 0 saturated heterocycles. The van der Waals surface area contributed by atoms with Crippen molar-refractivity contribution in [2.24, 2.45) is 0 Å². The summed E-state index contributed by atoms with van der Waals surface area (Å²) in [6.45, 7) is 2.38. The fourth-order valence-electron chi connectivity index (χ4n) is 3.06. The van der Waals surface area contributed by atoms with Crippen molar-refractivity contribution >= 4 is 16.1 Å². The molecule has 3 rings (SSSR count). The van der Waals surface area contributed by atoms with Crippen LogP contribution in [0.4, 0.5) is 0 Å². The van der Waals surface area contributed by atoms with Crippen LogP contribution in [0.25, 0.3) is 0 Å². The molecule has 0 unspecified atom stereocenters. The maximum absolute atomic E-state index is 12.6. The first-order chi connectivity index (χ1) is 14.9. The van der Waals surface area contributed by atoms with Crippen LogP contribution in [0.1, 0.15) is 16.7 Å². The molecule has 1 N–H and O–H groups in total. The lowest BCUT2D eigenvalue weighted by molar-refractivity contribution is -0.143. The molecule has 3 aromatic rings. The topological polar surface area (TPSA) is 81.7 Å². The van der Waals surface area contributed by atoms with E-state index in [2.05, 4.69) is 5.32 Å². The highest BCUT2D eigenvalue weighted by molar-refractivity contribution is 7.87. The smallest absolute Gasteiger partial charge is 0.339 e. The van der Waals surface area contributed by atoms with Gasteiger partial charge >= 0.3 is 16.1 Å². The Labute approximate surface area is 183 Å². The monoisotopic (exact) mass is 439 g/mol. The molecule has 0 radical (unpaired) electrons. The molecule has 0 aliphatic heterocycles. The number of nitrogens with one attached hydrogen (secondary N) is 1. The lowest BCUT2D eigenvalue weighted by Crippen LogP contribution is -2.39. The van der Waals surface area contributed by atoms with Gasteiger partial charge in [0.25, 0.3) is 0 Å². The van der Waals surface area contributed by atoms with E-state index in [1.165, 1.54) is 19.2 Å². The van der Waals surface area contributed by atoms with Crippen molar-refractivity contribution in [2.75, 3.05) is 7.11 Å². The summed E-state index contributed by atoms with van der Waals surface area (Å²) in [5.41, 5.74) is 2.74. The molecule has 0 heterocycles. The fourth-order valence-corrected chi connectivity index (χ4v) is 3.98. The first-order valence-electron chi connectivity index (χ1n) is 9.82. The molecule has 3 aromatic carbocycles. The SMILES string of the molecule is COC(=O)[C@H](Cc1cccc(OS(=O)(=O)c2ccc(C)cc2)c1)NCc1ccccc1. The van der Waals surface area contributed by atoms with Gasteiger partial charge in [-0.1, -0.05) is 60.2 Å². The second-order valence-electron chi connectivity index (χ2n) is 7.14. The van der Waals surface area contributed by atoms with Gasteiger partial charge in [-0.05, 0) is 48.7 Å². The third kappa shape index (κ3) is 6.41. The zero-order chi connectivity index (χ0) is 22.3. The van der Waals surface area contributed by atoms with Crippen LogP contribution in [0.5, 0.6) is 5.75 Å². The van der Waals surface area contributed by atoms with Crippen molar-refractivity contribution in [3.8, 4) is 5.75 Å². The number of carbonyl (C=O) groups excluding carboxylic acids is 1. The number of carbonyl (C=O) groups is 1. The van der Waals surface area contributed by atoms with E-state index in [9.17, 15) is 13.2 Å². The molecule has 0 bridgehead atoms. The van der Waals surface area contributed by atoms with E-state index in [0.29, 0.717) is 13.0 Å². The van der Waals surface area contributed by atoms with Crippen LogP contribution in [0.15, 0.2) is 83.8 Å². The maximum Gasteiger partial charge on any atom is 0.339 e. The number of aryl methyl sites for hydroxylation is 1. The summed E-state index contributed by atoms with van der Waals surface area (Å²) in [4.78, 5) is 12.3. The highest BCUT2D eigenvalue weighted by Crippen LogP contribution is 2.21. The van der Waals surface area contributed by atoms with Crippen LogP contribution < -0.4 is 9.50 Å². The molecule has 0 aliphatic rings. The summed E-state index contributed by atoms with van der Waals surface area (Å²) in [5.74, 6) is -0.209. The van der Waals surface area contributed by atoms with Gasteiger partial charge in [0.1, 0.15) is 16.7 Å². The molecule has 0 aliphatic carbocycles. The largest absolute Gasteiger partial charge is 0.468 e. The number of hydrogen-bond donors (Lipinski definition) is 1. The molecular weight excluding hydrogens is 414 g/mol. The van der Waals surface area contributed by atoms with Crippen molar-refractivity contribution < 1.29 is 22.1 Å². The van der Waals surface area contributed by atoms with Gasteiger partial charge in [0.15, 0.2) is 0 Å². The summed E-state index contributed by atoms with van der Waals surface area (Å²) < 4.78 is 35.3. The Hall–Kier alpha value is -3.16. The third-order valence-corrected chi connectivity index (χ3v) is 6.00. The normalized spacial score (nSPS) is 12.2. The number of esters is 1. The van der Waals surface area contributed by atoms with Gasteiger partial charge in [0, 0.05) is 6.54 Å². The standard InChI is InChI=1S/C24H25NO5S/c1-18-11-13-22(14-12-18)31(27,28)30-21-10-6-9-20(15-21)16-23(24(26)29-2)25-17-19-7-4-3-5-8-19/h3-15,23,25H,16-17H2,1-2H3/t23-/m0/s1. The number of methoxy groups -OCH3 is 1. The Bertz CT molecular complexity index is 1110. The zero-order valence-corrected chi connectivity index (χ0v) is 18.3. The van der Waals surface area contributed by atoms with E-state index >= 15 is 0 Å². The average molecular weight is 440 g/mol. The average Bonchev–Trinajstić information content (AvgIpc) is 2.77. The van der Waals surface area contributed by atoms with Gasteiger partial charge in [-0.3, -0.25) is 4.79 Å². The first kappa shape index (κ1) is 22.5. The predicted molar refractivity (Wildman–Crippen MR) is 118 cm³/mol. The Kier molecular flexibility index (Phi) is 7.44. The molecule has 162 valence electrons. The van der Waals surface area contributed by atoms with Crippen LogP contribution in [0.2, 0.25) is 0 Å². The van der Waals surface area contributed by atoms with Crippen LogP contribution in [0.3, 0.4) is 0 Å². The second kappa shape index (κ2) is 10.2. The van der Waals surface area contributed by atoms with E-state index in [4.69, 9.17) is 8.92 Å². The van der Waals surface area contributed by atoms with Gasteiger partial charge in [-0.25, -0.2) is 0 Å². The van der Waals surface area contributed by atoms with E-state index in [1.54, 1.807) is 30.3 Å². The summed E-state index contributed by atoms with van der Waals surface area (Å²) in [6.07, 6.45) is 0.321. The predicted octanol–water partition coefficient (Wildman–Crippen LogP) is 3.64. The Morgan fingerprint density at radius 3 is 2.29 bits per heavy atom. The van der Waals surface area contributed by atoms with Crippen molar-refractivity contribution in [1.29, 1.82) is 0 Å². The molecule has 0 spiro atoms. The molecule has 6 nitrogen and oxygen atoms in total. The highest BCUT2D eigenvalue weighted by Gasteiger charge is 2.21. The van der Waals surface area contributed by atoms with E-state index in [-0.39, 0.29) is 10.6 Å². The zero-order valence-electron chi connectivity index (χ0n) is 17.4.